The van der Waals surface area contributed by atoms with Gasteiger partial charge in [-0.1, -0.05) is 0 Å². The molecule has 0 fully saturated rings. The molecule has 0 saturated carbocycles. The maximum Gasteiger partial charge on any atom is 0.356 e. The zero-order chi connectivity index (χ0) is 11.7. The van der Waals surface area contributed by atoms with E-state index in [-0.39, 0.29) is 5.69 Å². The average molecular weight is 223 g/mol. The summed E-state index contributed by atoms with van der Waals surface area (Å²) in [6, 6.07) is 0. The molecule has 0 aliphatic carbocycles. The number of carbonyl (C=O) groups is 1. The van der Waals surface area contributed by atoms with Crippen LogP contribution in [0.3, 0.4) is 0 Å². The highest BCUT2D eigenvalue weighted by Gasteiger charge is 2.23. The van der Waals surface area contributed by atoms with Crippen LogP contribution in [-0.2, 0) is 19.5 Å². The third-order valence-corrected chi connectivity index (χ3v) is 2.86. The Bertz CT molecular complexity index is 410. The monoisotopic (exact) mass is 223 g/mol. The first kappa shape index (κ1) is 11.1. The third kappa shape index (κ3) is 1.95. The highest BCUT2D eigenvalue weighted by molar-refractivity contribution is 5.86. The molecular weight excluding hydrogens is 206 g/mol. The molecule has 2 rings (SSSR count). The van der Waals surface area contributed by atoms with Crippen LogP contribution >= 0.6 is 0 Å². The molecule has 2 heterocycles. The lowest BCUT2D eigenvalue weighted by Crippen LogP contribution is -2.18. The van der Waals surface area contributed by atoms with Gasteiger partial charge < -0.3 is 14.6 Å². The van der Waals surface area contributed by atoms with Crippen LogP contribution in [0.5, 0.6) is 0 Å². The van der Waals surface area contributed by atoms with Crippen LogP contribution in [0.1, 0.15) is 34.8 Å². The molecule has 1 aromatic rings. The van der Waals surface area contributed by atoms with Gasteiger partial charge in [0, 0.05) is 6.54 Å². The van der Waals surface area contributed by atoms with E-state index >= 15 is 0 Å². The number of rotatable bonds is 3. The highest BCUT2D eigenvalue weighted by Crippen LogP contribution is 2.21. The number of hydrogen-bond acceptors (Lipinski definition) is 3. The number of carboxylic acid groups (broad SMARTS) is 1. The molecule has 0 bridgehead atoms. The van der Waals surface area contributed by atoms with Crippen molar-refractivity contribution in [2.75, 3.05) is 14.1 Å². The van der Waals surface area contributed by atoms with E-state index in [9.17, 15) is 4.79 Å². The zero-order valence-corrected chi connectivity index (χ0v) is 9.73. The fourth-order valence-corrected chi connectivity index (χ4v) is 2.19. The molecule has 1 N–H and O–H groups in total. The lowest BCUT2D eigenvalue weighted by atomic mass is 10.1. The van der Waals surface area contributed by atoms with Gasteiger partial charge in [-0.05, 0) is 33.4 Å². The molecule has 1 aliphatic heterocycles. The number of carboxylic acids is 1. The van der Waals surface area contributed by atoms with E-state index < -0.39 is 5.97 Å². The number of aromatic carboxylic acids is 1. The average Bonchev–Trinajstić information content (AvgIpc) is 2.57. The summed E-state index contributed by atoms with van der Waals surface area (Å²) in [4.78, 5) is 17.3. The summed E-state index contributed by atoms with van der Waals surface area (Å²) in [5.41, 5.74) is 1.15. The van der Waals surface area contributed by atoms with Crippen molar-refractivity contribution in [2.24, 2.45) is 0 Å². The SMILES string of the molecule is CN(C)Cc1nc(C(=O)O)c2n1CCCC2. The summed E-state index contributed by atoms with van der Waals surface area (Å²) >= 11 is 0. The van der Waals surface area contributed by atoms with Gasteiger partial charge in [0.1, 0.15) is 5.82 Å². The minimum Gasteiger partial charge on any atom is -0.476 e. The topological polar surface area (TPSA) is 58.4 Å². The Kier molecular flexibility index (Phi) is 2.96. The van der Waals surface area contributed by atoms with Crippen LogP contribution in [0.15, 0.2) is 0 Å². The molecule has 0 amide bonds. The Morgan fingerprint density at radius 1 is 1.50 bits per heavy atom. The molecule has 1 aliphatic rings. The smallest absolute Gasteiger partial charge is 0.356 e. The van der Waals surface area contributed by atoms with Gasteiger partial charge in [0.2, 0.25) is 0 Å². The molecular formula is C11H17N3O2. The van der Waals surface area contributed by atoms with Gasteiger partial charge in [0.05, 0.1) is 12.2 Å². The first-order valence-electron chi connectivity index (χ1n) is 5.56. The van der Waals surface area contributed by atoms with Crippen LogP contribution in [0.2, 0.25) is 0 Å². The molecule has 5 nitrogen and oxygen atoms in total. The molecule has 16 heavy (non-hydrogen) atoms. The van der Waals surface area contributed by atoms with Gasteiger partial charge in [-0.2, -0.15) is 0 Å². The number of hydrogen-bond donors (Lipinski definition) is 1. The van der Waals surface area contributed by atoms with Crippen molar-refractivity contribution < 1.29 is 9.90 Å². The van der Waals surface area contributed by atoms with E-state index in [0.29, 0.717) is 6.54 Å². The van der Waals surface area contributed by atoms with Crippen molar-refractivity contribution in [1.82, 2.24) is 14.5 Å². The van der Waals surface area contributed by atoms with Crippen molar-refractivity contribution in [1.29, 1.82) is 0 Å². The fraction of sp³-hybridized carbons (Fsp3) is 0.636. The van der Waals surface area contributed by atoms with Crippen LogP contribution in [-0.4, -0.2) is 39.6 Å². The summed E-state index contributed by atoms with van der Waals surface area (Å²) in [6.45, 7) is 1.60. The van der Waals surface area contributed by atoms with Gasteiger partial charge in [-0.3, -0.25) is 0 Å². The predicted molar refractivity (Wildman–Crippen MR) is 59.5 cm³/mol. The summed E-state index contributed by atoms with van der Waals surface area (Å²) < 4.78 is 2.08. The van der Waals surface area contributed by atoms with Crippen molar-refractivity contribution in [2.45, 2.75) is 32.4 Å². The fourth-order valence-electron chi connectivity index (χ4n) is 2.19. The van der Waals surface area contributed by atoms with Crippen molar-refractivity contribution in [3.63, 3.8) is 0 Å². The van der Waals surface area contributed by atoms with Crippen LogP contribution in [0, 0.1) is 0 Å². The maximum absolute atomic E-state index is 11.1. The van der Waals surface area contributed by atoms with Crippen LogP contribution in [0.25, 0.3) is 0 Å². The molecule has 0 unspecified atom stereocenters. The Morgan fingerprint density at radius 2 is 2.25 bits per heavy atom. The van der Waals surface area contributed by atoms with E-state index in [0.717, 1.165) is 37.3 Å². The highest BCUT2D eigenvalue weighted by atomic mass is 16.4. The summed E-state index contributed by atoms with van der Waals surface area (Å²) in [5.74, 6) is -0.0345. The molecule has 0 radical (unpaired) electrons. The molecule has 88 valence electrons. The van der Waals surface area contributed by atoms with E-state index in [1.165, 1.54) is 0 Å². The number of fused-ring (bicyclic) bond motifs is 1. The minimum atomic E-state index is -0.907. The molecule has 0 aromatic carbocycles. The summed E-state index contributed by atoms with van der Waals surface area (Å²) in [6.07, 6.45) is 3.01. The van der Waals surface area contributed by atoms with E-state index in [1.807, 2.05) is 19.0 Å². The zero-order valence-electron chi connectivity index (χ0n) is 9.73. The Hall–Kier alpha value is -1.36. The van der Waals surface area contributed by atoms with Gasteiger partial charge in [-0.25, -0.2) is 9.78 Å². The van der Waals surface area contributed by atoms with Crippen LogP contribution in [0.4, 0.5) is 0 Å². The largest absolute Gasteiger partial charge is 0.476 e. The molecule has 0 spiro atoms. The maximum atomic E-state index is 11.1. The van der Waals surface area contributed by atoms with E-state index in [4.69, 9.17) is 5.11 Å². The van der Waals surface area contributed by atoms with Crippen LogP contribution < -0.4 is 0 Å². The van der Waals surface area contributed by atoms with Gasteiger partial charge in [0.15, 0.2) is 5.69 Å². The Labute approximate surface area is 94.7 Å². The van der Waals surface area contributed by atoms with E-state index in [2.05, 4.69) is 9.55 Å². The standard InChI is InChI=1S/C11H17N3O2/c1-13(2)7-9-12-10(11(15)16)8-5-3-4-6-14(8)9/h3-7H2,1-2H3,(H,15,16). The molecule has 1 aromatic heterocycles. The second kappa shape index (κ2) is 4.25. The first-order valence-corrected chi connectivity index (χ1v) is 5.56. The third-order valence-electron chi connectivity index (χ3n) is 2.86. The summed E-state index contributed by atoms with van der Waals surface area (Å²) in [5, 5.41) is 9.10. The lowest BCUT2D eigenvalue weighted by Gasteiger charge is -2.18. The first-order chi connectivity index (χ1) is 7.59. The minimum absolute atomic E-state index is 0.247. The van der Waals surface area contributed by atoms with Crippen molar-refractivity contribution in [3.8, 4) is 0 Å². The second-order valence-corrected chi connectivity index (χ2v) is 4.48. The summed E-state index contributed by atoms with van der Waals surface area (Å²) in [7, 11) is 3.93. The van der Waals surface area contributed by atoms with Gasteiger partial charge in [-0.15, -0.1) is 0 Å². The van der Waals surface area contributed by atoms with Gasteiger partial charge in [0.25, 0.3) is 0 Å². The second-order valence-electron chi connectivity index (χ2n) is 4.48. The van der Waals surface area contributed by atoms with Crippen molar-refractivity contribution >= 4 is 5.97 Å². The molecule has 0 atom stereocenters. The van der Waals surface area contributed by atoms with E-state index in [1.54, 1.807) is 0 Å². The molecule has 0 saturated heterocycles. The lowest BCUT2D eigenvalue weighted by molar-refractivity contribution is 0.0689. The number of nitrogens with zero attached hydrogens (tertiary/aromatic N) is 3. The number of imidazole rings is 1. The quantitative estimate of drug-likeness (QED) is 0.829. The predicted octanol–water partition coefficient (Wildman–Crippen LogP) is 0.979. The number of aromatic nitrogens is 2. The molecule has 5 heteroatoms. The Morgan fingerprint density at radius 3 is 2.88 bits per heavy atom. The Balaban J connectivity index is 2.42. The van der Waals surface area contributed by atoms with Gasteiger partial charge >= 0.3 is 5.97 Å². The normalized spacial score (nSPS) is 15.2. The van der Waals surface area contributed by atoms with Crippen molar-refractivity contribution in [3.05, 3.63) is 17.2 Å².